The van der Waals surface area contributed by atoms with Crippen LogP contribution in [0.1, 0.15) is 47.2 Å². The van der Waals surface area contributed by atoms with Gasteiger partial charge in [-0.2, -0.15) is 5.26 Å². The van der Waals surface area contributed by atoms with Gasteiger partial charge in [0.2, 0.25) is 0 Å². The van der Waals surface area contributed by atoms with Crippen molar-refractivity contribution < 1.29 is 0 Å². The summed E-state index contributed by atoms with van der Waals surface area (Å²) in [5.41, 5.74) is 4.61. The number of nitrogens with one attached hydrogen (secondary N) is 2. The predicted molar refractivity (Wildman–Crippen MR) is 118 cm³/mol. The van der Waals surface area contributed by atoms with Crippen molar-refractivity contribution in [1.29, 1.82) is 5.26 Å². The Bertz CT molecular complexity index is 1380. The molecule has 144 valence electrons. The molecule has 0 unspecified atom stereocenters. The zero-order chi connectivity index (χ0) is 20.0. The number of fused-ring (bicyclic) bond motifs is 4. The van der Waals surface area contributed by atoms with Crippen LogP contribution in [0.3, 0.4) is 0 Å². The van der Waals surface area contributed by atoms with Crippen LogP contribution < -0.4 is 5.56 Å². The molecule has 5 nitrogen and oxygen atoms in total. The lowest BCUT2D eigenvalue weighted by molar-refractivity contribution is 0.700. The number of benzene rings is 1. The zero-order valence-corrected chi connectivity index (χ0v) is 16.9. The molecule has 1 aliphatic carbocycles. The third-order valence-electron chi connectivity index (χ3n) is 5.72. The molecular weight excluding hydrogens is 380 g/mol. The first-order chi connectivity index (χ1) is 14.2. The molecule has 29 heavy (non-hydrogen) atoms. The second kappa shape index (κ2) is 7.02. The minimum atomic E-state index is -0.141. The number of para-hydroxylation sites is 1. The van der Waals surface area contributed by atoms with Crippen molar-refractivity contribution in [3.63, 3.8) is 0 Å². The number of thiophene rings is 1. The lowest BCUT2D eigenvalue weighted by Gasteiger charge is -2.09. The SMILES string of the molecule is CCc1cccc2c(/C=C(\C#N)c3nc4sc5c(c4c(=O)[nH]3)CCCC5)c[nH]c12. The first-order valence-corrected chi connectivity index (χ1v) is 10.8. The first kappa shape index (κ1) is 17.9. The second-order valence-electron chi connectivity index (χ2n) is 7.41. The summed E-state index contributed by atoms with van der Waals surface area (Å²) in [5.74, 6) is 0.338. The van der Waals surface area contributed by atoms with Gasteiger partial charge >= 0.3 is 0 Å². The normalized spacial score (nSPS) is 14.3. The number of nitrogens with zero attached hydrogens (tertiary/aromatic N) is 2. The lowest BCUT2D eigenvalue weighted by atomic mass is 9.97. The monoisotopic (exact) mass is 400 g/mol. The molecule has 3 heterocycles. The van der Waals surface area contributed by atoms with Crippen molar-refractivity contribution in [3.05, 3.63) is 62.1 Å². The van der Waals surface area contributed by atoms with Crippen molar-refractivity contribution in [2.24, 2.45) is 0 Å². The molecule has 5 rings (SSSR count). The van der Waals surface area contributed by atoms with Crippen molar-refractivity contribution in [2.45, 2.75) is 39.0 Å². The fourth-order valence-corrected chi connectivity index (χ4v) is 5.52. The summed E-state index contributed by atoms with van der Waals surface area (Å²) < 4.78 is 0. The van der Waals surface area contributed by atoms with Crippen molar-refractivity contribution in [3.8, 4) is 6.07 Å². The van der Waals surface area contributed by atoms with E-state index in [0.717, 1.165) is 59.0 Å². The van der Waals surface area contributed by atoms with E-state index >= 15 is 0 Å². The van der Waals surface area contributed by atoms with Crippen molar-refractivity contribution >= 4 is 44.1 Å². The highest BCUT2D eigenvalue weighted by Gasteiger charge is 2.20. The maximum absolute atomic E-state index is 12.8. The Balaban J connectivity index is 1.65. The van der Waals surface area contributed by atoms with E-state index < -0.39 is 0 Å². The molecule has 1 aromatic carbocycles. The fraction of sp³-hybridized carbons (Fsp3) is 0.261. The summed E-state index contributed by atoms with van der Waals surface area (Å²) >= 11 is 1.60. The number of aromatic nitrogens is 3. The van der Waals surface area contributed by atoms with Crippen LogP contribution in [0.4, 0.5) is 0 Å². The number of H-pyrrole nitrogens is 2. The van der Waals surface area contributed by atoms with Gasteiger partial charge in [-0.15, -0.1) is 11.3 Å². The van der Waals surface area contributed by atoms with Crippen LogP contribution in [0.2, 0.25) is 0 Å². The number of nitriles is 1. The Kier molecular flexibility index (Phi) is 4.33. The summed E-state index contributed by atoms with van der Waals surface area (Å²) in [4.78, 5) is 25.7. The average molecular weight is 401 g/mol. The van der Waals surface area contributed by atoms with E-state index in [2.05, 4.69) is 34.0 Å². The van der Waals surface area contributed by atoms with E-state index in [9.17, 15) is 10.1 Å². The third-order valence-corrected chi connectivity index (χ3v) is 6.90. The van der Waals surface area contributed by atoms with E-state index in [-0.39, 0.29) is 5.56 Å². The van der Waals surface area contributed by atoms with Gasteiger partial charge in [0.1, 0.15) is 10.9 Å². The van der Waals surface area contributed by atoms with E-state index in [1.54, 1.807) is 17.4 Å². The molecule has 0 radical (unpaired) electrons. The highest BCUT2D eigenvalue weighted by atomic mass is 32.1. The standard InChI is InChI=1S/C23H20N4OS/c1-2-13-6-5-8-16-15(12-25-20(13)16)10-14(11-24)21-26-22(28)19-17-7-3-4-9-18(17)29-23(19)27-21/h5-6,8,10,12,25H,2-4,7,9H2,1H3,(H,26,27,28)/b14-10+. The van der Waals surface area contributed by atoms with Crippen LogP contribution in [0.5, 0.6) is 0 Å². The molecule has 3 aromatic heterocycles. The van der Waals surface area contributed by atoms with Crippen molar-refractivity contribution in [2.75, 3.05) is 0 Å². The van der Waals surface area contributed by atoms with Gasteiger partial charge in [-0.25, -0.2) is 4.98 Å². The number of hydrogen-bond acceptors (Lipinski definition) is 4. The Morgan fingerprint density at radius 1 is 1.34 bits per heavy atom. The molecule has 0 aliphatic heterocycles. The molecule has 6 heteroatoms. The largest absolute Gasteiger partial charge is 0.360 e. The smallest absolute Gasteiger partial charge is 0.260 e. The van der Waals surface area contributed by atoms with E-state index in [0.29, 0.717) is 16.8 Å². The molecule has 0 spiro atoms. The highest BCUT2D eigenvalue weighted by Crippen LogP contribution is 2.34. The molecule has 0 atom stereocenters. The number of rotatable bonds is 3. The third kappa shape index (κ3) is 2.90. The highest BCUT2D eigenvalue weighted by molar-refractivity contribution is 7.18. The van der Waals surface area contributed by atoms with Gasteiger partial charge in [0.25, 0.3) is 5.56 Å². The summed E-state index contributed by atoms with van der Waals surface area (Å²) in [6.45, 7) is 2.12. The molecule has 4 aromatic rings. The van der Waals surface area contributed by atoms with Crippen LogP contribution in [-0.2, 0) is 19.3 Å². The molecular formula is C23H20N4OS. The van der Waals surface area contributed by atoms with E-state index in [1.165, 1.54) is 10.4 Å². The van der Waals surface area contributed by atoms with Gasteiger partial charge < -0.3 is 9.97 Å². The lowest BCUT2D eigenvalue weighted by Crippen LogP contribution is -2.12. The Morgan fingerprint density at radius 2 is 2.21 bits per heavy atom. The Morgan fingerprint density at radius 3 is 3.03 bits per heavy atom. The zero-order valence-electron chi connectivity index (χ0n) is 16.1. The quantitative estimate of drug-likeness (QED) is 0.476. The average Bonchev–Trinajstić information content (AvgIpc) is 3.33. The molecule has 0 saturated carbocycles. The summed E-state index contributed by atoms with van der Waals surface area (Å²) in [6.07, 6.45) is 8.87. The van der Waals surface area contributed by atoms with Gasteiger partial charge in [-0.1, -0.05) is 25.1 Å². The number of aryl methyl sites for hydroxylation is 3. The Labute approximate surface area is 171 Å². The fourth-order valence-electron chi connectivity index (χ4n) is 4.25. The molecule has 0 amide bonds. The molecule has 0 saturated heterocycles. The van der Waals surface area contributed by atoms with Crippen LogP contribution >= 0.6 is 11.3 Å². The number of hydrogen-bond donors (Lipinski definition) is 2. The topological polar surface area (TPSA) is 85.3 Å². The maximum atomic E-state index is 12.8. The van der Waals surface area contributed by atoms with Gasteiger partial charge in [0.15, 0.2) is 5.82 Å². The second-order valence-corrected chi connectivity index (χ2v) is 8.50. The van der Waals surface area contributed by atoms with Gasteiger partial charge in [-0.3, -0.25) is 4.79 Å². The van der Waals surface area contributed by atoms with Crippen LogP contribution in [0.25, 0.3) is 32.8 Å². The van der Waals surface area contributed by atoms with Gasteiger partial charge in [-0.05, 0) is 49.3 Å². The van der Waals surface area contributed by atoms with Crippen molar-refractivity contribution in [1.82, 2.24) is 15.0 Å². The molecule has 1 aliphatic rings. The minimum absolute atomic E-state index is 0.141. The summed E-state index contributed by atoms with van der Waals surface area (Å²) in [7, 11) is 0. The van der Waals surface area contributed by atoms with Crippen LogP contribution in [-0.4, -0.2) is 15.0 Å². The van der Waals surface area contributed by atoms with E-state index in [1.807, 2.05) is 18.3 Å². The van der Waals surface area contributed by atoms with Crippen LogP contribution in [0.15, 0.2) is 29.2 Å². The molecule has 2 N–H and O–H groups in total. The number of allylic oxidation sites excluding steroid dienone is 1. The van der Waals surface area contributed by atoms with Gasteiger partial charge in [0.05, 0.1) is 11.0 Å². The van der Waals surface area contributed by atoms with Gasteiger partial charge in [0, 0.05) is 27.5 Å². The predicted octanol–water partition coefficient (Wildman–Crippen LogP) is 4.97. The molecule has 0 bridgehead atoms. The van der Waals surface area contributed by atoms with Crippen LogP contribution in [0, 0.1) is 11.3 Å². The first-order valence-electron chi connectivity index (χ1n) is 9.95. The number of aromatic amines is 2. The Hall–Kier alpha value is -3.17. The minimum Gasteiger partial charge on any atom is -0.360 e. The maximum Gasteiger partial charge on any atom is 0.260 e. The summed E-state index contributed by atoms with van der Waals surface area (Å²) in [5, 5.41) is 11.6. The summed E-state index contributed by atoms with van der Waals surface area (Å²) in [6, 6.07) is 8.39. The molecule has 0 fully saturated rings. The van der Waals surface area contributed by atoms with E-state index in [4.69, 9.17) is 0 Å².